The van der Waals surface area contributed by atoms with Gasteiger partial charge in [0.2, 0.25) is 0 Å². The van der Waals surface area contributed by atoms with Crippen molar-refractivity contribution >= 4 is 23.0 Å². The van der Waals surface area contributed by atoms with Gasteiger partial charge in [-0.05, 0) is 74.6 Å². The van der Waals surface area contributed by atoms with Crippen LogP contribution >= 0.6 is 0 Å². The van der Waals surface area contributed by atoms with Crippen LogP contribution < -0.4 is 19.7 Å². The number of rotatable bonds is 8. The van der Waals surface area contributed by atoms with Crippen molar-refractivity contribution in [2.75, 3.05) is 50.1 Å². The molecule has 35 heavy (non-hydrogen) atoms. The summed E-state index contributed by atoms with van der Waals surface area (Å²) in [5, 5.41) is 14.5. The van der Waals surface area contributed by atoms with Crippen LogP contribution in [0.5, 0.6) is 17.2 Å². The molecular weight excluding hydrogens is 448 g/mol. The summed E-state index contributed by atoms with van der Waals surface area (Å²) in [4.78, 5) is 28.2. The molecule has 182 valence electrons. The highest BCUT2D eigenvalue weighted by Gasteiger charge is 2.24. The zero-order chi connectivity index (χ0) is 24.8. The lowest BCUT2D eigenvalue weighted by atomic mass is 10.1. The Bertz CT molecular complexity index is 1170. The minimum atomic E-state index is -0.433. The third kappa shape index (κ3) is 6.07. The number of likely N-dealkylation sites (N-methyl/N-ethyl adjacent to an activating group) is 1. The Kier molecular flexibility index (Phi) is 7.47. The van der Waals surface area contributed by atoms with Crippen molar-refractivity contribution in [3.8, 4) is 17.2 Å². The molecule has 1 saturated heterocycles. The van der Waals surface area contributed by atoms with Crippen LogP contribution in [-0.4, -0.2) is 55.6 Å². The van der Waals surface area contributed by atoms with Gasteiger partial charge in [-0.25, -0.2) is 0 Å². The fourth-order valence-corrected chi connectivity index (χ4v) is 3.84. The molecule has 4 rings (SSSR count). The Morgan fingerprint density at radius 3 is 2.14 bits per heavy atom. The molecule has 0 saturated carbocycles. The van der Waals surface area contributed by atoms with Crippen molar-refractivity contribution in [3.05, 3.63) is 82.4 Å². The Balaban J connectivity index is 1.41. The van der Waals surface area contributed by atoms with E-state index in [1.807, 2.05) is 43.1 Å². The lowest BCUT2D eigenvalue weighted by molar-refractivity contribution is -0.384. The van der Waals surface area contributed by atoms with Crippen LogP contribution in [0.3, 0.4) is 0 Å². The summed E-state index contributed by atoms with van der Waals surface area (Å²) in [6.45, 7) is 5.59. The van der Waals surface area contributed by atoms with Gasteiger partial charge in [-0.3, -0.25) is 14.9 Å². The topological polar surface area (TPSA) is 97.2 Å². The molecule has 0 atom stereocenters. The molecule has 1 heterocycles. The van der Waals surface area contributed by atoms with E-state index in [1.165, 1.54) is 6.07 Å². The van der Waals surface area contributed by atoms with E-state index in [-0.39, 0.29) is 11.3 Å². The van der Waals surface area contributed by atoms with Gasteiger partial charge in [0.1, 0.15) is 22.9 Å². The Morgan fingerprint density at radius 1 is 0.943 bits per heavy atom. The summed E-state index contributed by atoms with van der Waals surface area (Å²) in [7, 11) is 2.03. The first-order valence-electron chi connectivity index (χ1n) is 11.5. The summed E-state index contributed by atoms with van der Waals surface area (Å²) in [6, 6.07) is 18.8. The van der Waals surface area contributed by atoms with Crippen molar-refractivity contribution in [2.45, 2.75) is 6.92 Å². The molecule has 3 aromatic carbocycles. The van der Waals surface area contributed by atoms with E-state index in [0.29, 0.717) is 42.6 Å². The third-order valence-electron chi connectivity index (χ3n) is 5.76. The van der Waals surface area contributed by atoms with Gasteiger partial charge in [0.05, 0.1) is 11.5 Å². The van der Waals surface area contributed by atoms with Crippen LogP contribution in [0.25, 0.3) is 0 Å². The van der Waals surface area contributed by atoms with Gasteiger partial charge in [0.25, 0.3) is 11.6 Å². The molecule has 9 nitrogen and oxygen atoms in total. The van der Waals surface area contributed by atoms with E-state index < -0.39 is 10.8 Å². The number of nitro benzene ring substituents is 1. The summed E-state index contributed by atoms with van der Waals surface area (Å²) < 4.78 is 11.2. The monoisotopic (exact) mass is 476 g/mol. The first kappa shape index (κ1) is 24.0. The van der Waals surface area contributed by atoms with Crippen LogP contribution in [0, 0.1) is 10.1 Å². The van der Waals surface area contributed by atoms with Crippen molar-refractivity contribution in [3.63, 3.8) is 0 Å². The van der Waals surface area contributed by atoms with Crippen LogP contribution in [0.15, 0.2) is 66.7 Å². The smallest absolute Gasteiger partial charge is 0.293 e. The van der Waals surface area contributed by atoms with Gasteiger partial charge in [-0.15, -0.1) is 0 Å². The maximum absolute atomic E-state index is 12.8. The average molecular weight is 477 g/mol. The van der Waals surface area contributed by atoms with Crippen molar-refractivity contribution < 1.29 is 19.2 Å². The molecule has 1 fully saturated rings. The number of carbonyl (C=O) groups is 1. The minimum absolute atomic E-state index is 0.0682. The molecule has 0 bridgehead atoms. The van der Waals surface area contributed by atoms with Crippen molar-refractivity contribution in [2.24, 2.45) is 0 Å². The van der Waals surface area contributed by atoms with Gasteiger partial charge in [-0.1, -0.05) is 0 Å². The summed E-state index contributed by atoms with van der Waals surface area (Å²) in [5.41, 5.74) is 1.25. The van der Waals surface area contributed by atoms with E-state index in [9.17, 15) is 14.9 Å². The van der Waals surface area contributed by atoms with Crippen LogP contribution in [0.1, 0.15) is 17.3 Å². The van der Waals surface area contributed by atoms with E-state index in [1.54, 1.807) is 36.4 Å². The average Bonchev–Trinajstić information content (AvgIpc) is 2.86. The van der Waals surface area contributed by atoms with E-state index in [4.69, 9.17) is 9.47 Å². The molecule has 0 aromatic heterocycles. The largest absolute Gasteiger partial charge is 0.494 e. The molecular formula is C26H28N4O5. The molecule has 1 amide bonds. The van der Waals surface area contributed by atoms with Crippen LogP contribution in [0.2, 0.25) is 0 Å². The summed E-state index contributed by atoms with van der Waals surface area (Å²) >= 11 is 0. The highest BCUT2D eigenvalue weighted by Crippen LogP contribution is 2.31. The molecule has 3 aromatic rings. The number of hydrogen-bond donors (Lipinski definition) is 1. The Labute approximate surface area is 204 Å². The van der Waals surface area contributed by atoms with Crippen molar-refractivity contribution in [1.82, 2.24) is 4.90 Å². The number of ether oxygens (including phenoxy) is 2. The molecule has 1 aliphatic rings. The van der Waals surface area contributed by atoms with Crippen molar-refractivity contribution in [1.29, 1.82) is 0 Å². The predicted molar refractivity (Wildman–Crippen MR) is 135 cm³/mol. The number of nitro groups is 1. The quantitative estimate of drug-likeness (QED) is 0.369. The maximum atomic E-state index is 12.8. The highest BCUT2D eigenvalue weighted by atomic mass is 16.6. The molecule has 0 aliphatic carbocycles. The molecule has 1 N–H and O–H groups in total. The van der Waals surface area contributed by atoms with E-state index >= 15 is 0 Å². The van der Waals surface area contributed by atoms with Gasteiger partial charge in [0, 0.05) is 43.5 Å². The van der Waals surface area contributed by atoms with Gasteiger partial charge >= 0.3 is 0 Å². The summed E-state index contributed by atoms with van der Waals surface area (Å²) in [5.74, 6) is 1.63. The number of amides is 1. The lowest BCUT2D eigenvalue weighted by Gasteiger charge is -2.33. The molecule has 0 unspecified atom stereocenters. The SMILES string of the molecule is CCOc1ccc(Oc2ccc(NC(=O)c3ccc(N4CCN(C)CC4)c([N+](=O)[O-])c3)cc2)cc1. The second kappa shape index (κ2) is 10.9. The zero-order valence-electron chi connectivity index (χ0n) is 19.8. The van der Waals surface area contributed by atoms with Gasteiger partial charge in [0.15, 0.2) is 0 Å². The number of hydrogen-bond acceptors (Lipinski definition) is 7. The normalized spacial score (nSPS) is 13.8. The van der Waals surface area contributed by atoms with Gasteiger partial charge in [-0.2, -0.15) is 0 Å². The number of benzene rings is 3. The number of piperazine rings is 1. The Hall–Kier alpha value is -4.11. The first-order chi connectivity index (χ1) is 16.9. The number of nitrogens with one attached hydrogen (secondary N) is 1. The number of nitrogens with zero attached hydrogens (tertiary/aromatic N) is 3. The first-order valence-corrected chi connectivity index (χ1v) is 11.5. The van der Waals surface area contributed by atoms with Crippen LogP contribution in [-0.2, 0) is 0 Å². The number of carbonyl (C=O) groups excluding carboxylic acids is 1. The highest BCUT2D eigenvalue weighted by molar-refractivity contribution is 6.05. The van der Waals surface area contributed by atoms with Crippen LogP contribution in [0.4, 0.5) is 17.1 Å². The molecule has 0 radical (unpaired) electrons. The Morgan fingerprint density at radius 2 is 1.54 bits per heavy atom. The molecule has 9 heteroatoms. The number of anilines is 2. The fourth-order valence-electron chi connectivity index (χ4n) is 3.84. The predicted octanol–water partition coefficient (Wildman–Crippen LogP) is 4.79. The fraction of sp³-hybridized carbons (Fsp3) is 0.269. The molecule has 0 spiro atoms. The van der Waals surface area contributed by atoms with Gasteiger partial charge < -0.3 is 24.6 Å². The lowest BCUT2D eigenvalue weighted by Crippen LogP contribution is -2.44. The minimum Gasteiger partial charge on any atom is -0.494 e. The summed E-state index contributed by atoms with van der Waals surface area (Å²) in [6.07, 6.45) is 0. The van der Waals surface area contributed by atoms with E-state index in [2.05, 4.69) is 10.2 Å². The van der Waals surface area contributed by atoms with E-state index in [0.717, 1.165) is 18.8 Å². The standard InChI is InChI=1S/C26H28N4O5/c1-3-34-21-9-11-23(12-10-21)35-22-7-5-20(6-8-22)27-26(31)19-4-13-24(25(18-19)30(32)33)29-16-14-28(2)15-17-29/h4-13,18H,3,14-17H2,1-2H3,(H,27,31). The maximum Gasteiger partial charge on any atom is 0.293 e. The molecule has 1 aliphatic heterocycles. The zero-order valence-corrected chi connectivity index (χ0v) is 19.8. The second-order valence-corrected chi connectivity index (χ2v) is 8.24. The third-order valence-corrected chi connectivity index (χ3v) is 5.76. The second-order valence-electron chi connectivity index (χ2n) is 8.24.